The Bertz CT molecular complexity index is 312. The zero-order valence-corrected chi connectivity index (χ0v) is 7.36. The molecule has 1 fully saturated rings. The van der Waals surface area contributed by atoms with Gasteiger partial charge in [-0.3, -0.25) is 5.10 Å². The van der Waals surface area contributed by atoms with Crippen molar-refractivity contribution in [2.75, 3.05) is 13.1 Å². The third kappa shape index (κ3) is 1.61. The second-order valence-corrected chi connectivity index (χ2v) is 3.39. The van der Waals surface area contributed by atoms with Crippen LogP contribution in [0.1, 0.15) is 23.6 Å². The lowest BCUT2D eigenvalue weighted by Crippen LogP contribution is -2.13. The highest BCUT2D eigenvalue weighted by atomic mass is 19.4. The van der Waals surface area contributed by atoms with Crippen LogP contribution in [0.2, 0.25) is 0 Å². The molecule has 1 saturated heterocycles. The molecule has 0 aliphatic carbocycles. The van der Waals surface area contributed by atoms with Gasteiger partial charge in [-0.25, -0.2) is 0 Å². The molecule has 1 aliphatic heterocycles. The molecule has 0 spiro atoms. The van der Waals surface area contributed by atoms with E-state index in [1.54, 1.807) is 0 Å². The van der Waals surface area contributed by atoms with Crippen molar-refractivity contribution in [1.29, 1.82) is 0 Å². The van der Waals surface area contributed by atoms with Crippen molar-refractivity contribution in [3.05, 3.63) is 17.5 Å². The summed E-state index contributed by atoms with van der Waals surface area (Å²) in [5.41, 5.74) is -0.422. The molecule has 1 aromatic rings. The lowest BCUT2D eigenvalue weighted by molar-refractivity contribution is -0.141. The topological polar surface area (TPSA) is 40.7 Å². The van der Waals surface area contributed by atoms with E-state index in [9.17, 15) is 13.2 Å². The average molecular weight is 205 g/mol. The van der Waals surface area contributed by atoms with Crippen molar-refractivity contribution in [2.24, 2.45) is 0 Å². The van der Waals surface area contributed by atoms with Crippen molar-refractivity contribution in [1.82, 2.24) is 15.5 Å². The molecule has 0 amide bonds. The molecular weight excluding hydrogens is 195 g/mol. The van der Waals surface area contributed by atoms with Crippen LogP contribution in [0.15, 0.2) is 6.20 Å². The molecule has 78 valence electrons. The van der Waals surface area contributed by atoms with Crippen LogP contribution in [0.3, 0.4) is 0 Å². The number of alkyl halides is 3. The molecule has 6 heteroatoms. The van der Waals surface area contributed by atoms with E-state index in [-0.39, 0.29) is 11.5 Å². The van der Waals surface area contributed by atoms with Crippen LogP contribution >= 0.6 is 0 Å². The summed E-state index contributed by atoms with van der Waals surface area (Å²) in [6.45, 7) is 1.37. The van der Waals surface area contributed by atoms with Crippen molar-refractivity contribution in [3.8, 4) is 0 Å². The Balaban J connectivity index is 2.29. The summed E-state index contributed by atoms with van der Waals surface area (Å²) in [4.78, 5) is 0. The second-order valence-electron chi connectivity index (χ2n) is 3.39. The monoisotopic (exact) mass is 205 g/mol. The minimum absolute atomic E-state index is 0.0645. The van der Waals surface area contributed by atoms with Crippen LogP contribution in [-0.2, 0) is 6.18 Å². The summed E-state index contributed by atoms with van der Waals surface area (Å²) in [5.74, 6) is -0.0645. The second kappa shape index (κ2) is 3.27. The molecule has 14 heavy (non-hydrogen) atoms. The first-order chi connectivity index (χ1) is 6.59. The number of H-pyrrole nitrogens is 1. The molecule has 2 N–H and O–H groups in total. The predicted octanol–water partition coefficient (Wildman–Crippen LogP) is 1.51. The Hall–Kier alpha value is -1.04. The summed E-state index contributed by atoms with van der Waals surface area (Å²) in [6, 6.07) is 0. The van der Waals surface area contributed by atoms with E-state index in [1.165, 1.54) is 6.20 Å². The van der Waals surface area contributed by atoms with Crippen LogP contribution < -0.4 is 5.32 Å². The smallest absolute Gasteiger partial charge is 0.316 e. The number of hydrogen-bond donors (Lipinski definition) is 2. The number of nitrogens with one attached hydrogen (secondary N) is 2. The summed E-state index contributed by atoms with van der Waals surface area (Å²) in [7, 11) is 0. The molecule has 3 nitrogen and oxygen atoms in total. The fourth-order valence-corrected chi connectivity index (χ4v) is 1.75. The Morgan fingerprint density at radius 2 is 2.21 bits per heavy atom. The highest BCUT2D eigenvalue weighted by Gasteiger charge is 2.37. The number of rotatable bonds is 1. The molecule has 1 aliphatic rings. The van der Waals surface area contributed by atoms with Gasteiger partial charge in [0.15, 0.2) is 0 Å². The maximum atomic E-state index is 12.4. The van der Waals surface area contributed by atoms with Crippen molar-refractivity contribution in [3.63, 3.8) is 0 Å². The molecule has 2 rings (SSSR count). The molecular formula is C8H10F3N3. The van der Waals surface area contributed by atoms with Gasteiger partial charge in [0.25, 0.3) is 0 Å². The third-order valence-electron chi connectivity index (χ3n) is 2.45. The molecule has 1 unspecified atom stereocenters. The van der Waals surface area contributed by atoms with Gasteiger partial charge < -0.3 is 5.32 Å². The fourth-order valence-electron chi connectivity index (χ4n) is 1.75. The number of aromatic amines is 1. The van der Waals surface area contributed by atoms with E-state index >= 15 is 0 Å². The number of aromatic nitrogens is 2. The first kappa shape index (κ1) is 9.51. The zero-order valence-electron chi connectivity index (χ0n) is 7.36. The molecule has 0 bridgehead atoms. The van der Waals surface area contributed by atoms with Crippen LogP contribution in [0, 0.1) is 0 Å². The Labute approximate surface area is 78.7 Å². The molecule has 1 atom stereocenters. The maximum absolute atomic E-state index is 12.4. The van der Waals surface area contributed by atoms with Crippen LogP contribution in [0.25, 0.3) is 0 Å². The lowest BCUT2D eigenvalue weighted by atomic mass is 9.99. The average Bonchev–Trinajstić information content (AvgIpc) is 2.73. The van der Waals surface area contributed by atoms with Crippen LogP contribution in [0.4, 0.5) is 13.2 Å². The van der Waals surface area contributed by atoms with Crippen LogP contribution in [-0.4, -0.2) is 23.3 Å². The van der Waals surface area contributed by atoms with Gasteiger partial charge in [-0.1, -0.05) is 0 Å². The Kier molecular flexibility index (Phi) is 2.22. The Morgan fingerprint density at radius 1 is 1.43 bits per heavy atom. The SMILES string of the molecule is FC(F)(F)c1[nH]ncc1C1CCNC1. The number of nitrogens with zero attached hydrogens (tertiary/aromatic N) is 1. The van der Waals surface area contributed by atoms with Gasteiger partial charge in [0.1, 0.15) is 5.69 Å². The van der Waals surface area contributed by atoms with Crippen molar-refractivity contribution >= 4 is 0 Å². The normalized spacial score (nSPS) is 22.9. The van der Waals surface area contributed by atoms with Gasteiger partial charge in [0.2, 0.25) is 0 Å². The molecule has 0 radical (unpaired) electrons. The highest BCUT2D eigenvalue weighted by Crippen LogP contribution is 2.35. The fraction of sp³-hybridized carbons (Fsp3) is 0.625. The molecule has 2 heterocycles. The van der Waals surface area contributed by atoms with Gasteiger partial charge in [-0.2, -0.15) is 18.3 Å². The standard InChI is InChI=1S/C8H10F3N3/c9-8(10,11)7-6(4-13-14-7)5-1-2-12-3-5/h4-5,12H,1-3H2,(H,13,14). The summed E-state index contributed by atoms with van der Waals surface area (Å²) in [5, 5.41) is 8.51. The predicted molar refractivity (Wildman–Crippen MR) is 43.8 cm³/mol. The van der Waals surface area contributed by atoms with Gasteiger partial charge in [0.05, 0.1) is 6.20 Å². The molecule has 0 aromatic carbocycles. The van der Waals surface area contributed by atoms with Crippen LogP contribution in [0.5, 0.6) is 0 Å². The van der Waals surface area contributed by atoms with E-state index in [1.807, 2.05) is 5.10 Å². The minimum atomic E-state index is -4.32. The summed E-state index contributed by atoms with van der Waals surface area (Å²) < 4.78 is 37.3. The van der Waals surface area contributed by atoms with E-state index in [2.05, 4.69) is 10.4 Å². The quantitative estimate of drug-likeness (QED) is 0.729. The van der Waals surface area contributed by atoms with E-state index in [0.29, 0.717) is 6.54 Å². The maximum Gasteiger partial charge on any atom is 0.433 e. The van der Waals surface area contributed by atoms with Crippen molar-refractivity contribution in [2.45, 2.75) is 18.5 Å². The first-order valence-corrected chi connectivity index (χ1v) is 4.40. The molecule has 1 aromatic heterocycles. The number of halogens is 3. The highest BCUT2D eigenvalue weighted by molar-refractivity contribution is 5.25. The number of hydrogen-bond acceptors (Lipinski definition) is 2. The van der Waals surface area contributed by atoms with Gasteiger partial charge in [-0.05, 0) is 13.0 Å². The van der Waals surface area contributed by atoms with Gasteiger partial charge in [0, 0.05) is 18.0 Å². The van der Waals surface area contributed by atoms with E-state index < -0.39 is 11.9 Å². The van der Waals surface area contributed by atoms with E-state index in [4.69, 9.17) is 0 Å². The summed E-state index contributed by atoms with van der Waals surface area (Å²) in [6.07, 6.45) is -2.31. The summed E-state index contributed by atoms with van der Waals surface area (Å²) >= 11 is 0. The minimum Gasteiger partial charge on any atom is -0.316 e. The largest absolute Gasteiger partial charge is 0.433 e. The Morgan fingerprint density at radius 3 is 2.79 bits per heavy atom. The lowest BCUT2D eigenvalue weighted by Gasteiger charge is -2.10. The van der Waals surface area contributed by atoms with Crippen molar-refractivity contribution < 1.29 is 13.2 Å². The molecule has 0 saturated carbocycles. The van der Waals surface area contributed by atoms with Gasteiger partial charge >= 0.3 is 6.18 Å². The van der Waals surface area contributed by atoms with E-state index in [0.717, 1.165) is 13.0 Å². The first-order valence-electron chi connectivity index (χ1n) is 4.40. The third-order valence-corrected chi connectivity index (χ3v) is 2.45. The van der Waals surface area contributed by atoms with Gasteiger partial charge in [-0.15, -0.1) is 0 Å². The zero-order chi connectivity index (χ0) is 10.2.